The van der Waals surface area contributed by atoms with Crippen LogP contribution in [-0.2, 0) is 6.54 Å². The van der Waals surface area contributed by atoms with E-state index in [4.69, 9.17) is 27.9 Å². The average molecular weight is 288 g/mol. The molecule has 17 heavy (non-hydrogen) atoms. The van der Waals surface area contributed by atoms with E-state index in [2.05, 4.69) is 5.32 Å². The van der Waals surface area contributed by atoms with Crippen LogP contribution in [0, 0.1) is 0 Å². The molecular formula is C12H11Cl2NOS. The van der Waals surface area contributed by atoms with Gasteiger partial charge in [-0.25, -0.2) is 0 Å². The fourth-order valence-corrected chi connectivity index (χ4v) is 2.59. The molecule has 0 saturated carbocycles. The fourth-order valence-electron chi connectivity index (χ4n) is 1.40. The van der Waals surface area contributed by atoms with Crippen LogP contribution < -0.4 is 10.1 Å². The first-order chi connectivity index (χ1) is 8.19. The second-order valence-electron chi connectivity index (χ2n) is 3.43. The molecule has 2 aromatic rings. The lowest BCUT2D eigenvalue weighted by Crippen LogP contribution is -1.98. The van der Waals surface area contributed by atoms with Gasteiger partial charge in [-0.2, -0.15) is 0 Å². The summed E-state index contributed by atoms with van der Waals surface area (Å²) >= 11 is 13.6. The van der Waals surface area contributed by atoms with Gasteiger partial charge in [0.25, 0.3) is 0 Å². The molecule has 0 aliphatic carbocycles. The Hall–Kier alpha value is -0.900. The maximum atomic E-state index is 6.08. The number of hydrogen-bond acceptors (Lipinski definition) is 3. The van der Waals surface area contributed by atoms with E-state index in [0.717, 1.165) is 21.3 Å². The molecular weight excluding hydrogens is 277 g/mol. The molecule has 0 saturated heterocycles. The highest BCUT2D eigenvalue weighted by molar-refractivity contribution is 7.10. The number of hydrogen-bond donors (Lipinski definition) is 1. The maximum absolute atomic E-state index is 6.08. The Morgan fingerprint density at radius 3 is 2.76 bits per heavy atom. The number of thiophene rings is 1. The largest absolute Gasteiger partial charge is 0.497 e. The lowest BCUT2D eigenvalue weighted by molar-refractivity contribution is 0.415. The first kappa shape index (κ1) is 12.6. The third-order valence-electron chi connectivity index (χ3n) is 2.25. The van der Waals surface area contributed by atoms with Crippen LogP contribution in [-0.4, -0.2) is 7.11 Å². The quantitative estimate of drug-likeness (QED) is 0.882. The summed E-state index contributed by atoms with van der Waals surface area (Å²) in [6, 6.07) is 7.45. The Labute approximate surface area is 114 Å². The molecule has 1 aromatic heterocycles. The zero-order chi connectivity index (χ0) is 12.3. The van der Waals surface area contributed by atoms with E-state index in [1.807, 2.05) is 29.6 Å². The van der Waals surface area contributed by atoms with Crippen LogP contribution in [0.2, 0.25) is 10.0 Å². The second-order valence-corrected chi connectivity index (χ2v) is 5.27. The zero-order valence-electron chi connectivity index (χ0n) is 9.17. The van der Waals surface area contributed by atoms with Crippen LogP contribution in [0.3, 0.4) is 0 Å². The van der Waals surface area contributed by atoms with Crippen molar-refractivity contribution in [2.75, 3.05) is 12.4 Å². The van der Waals surface area contributed by atoms with Gasteiger partial charge in [-0.3, -0.25) is 0 Å². The first-order valence-electron chi connectivity index (χ1n) is 4.99. The Balaban J connectivity index is 2.07. The van der Waals surface area contributed by atoms with E-state index in [0.29, 0.717) is 11.6 Å². The van der Waals surface area contributed by atoms with Crippen LogP contribution in [0.15, 0.2) is 29.6 Å². The van der Waals surface area contributed by atoms with Crippen molar-refractivity contribution in [2.24, 2.45) is 0 Å². The minimum absolute atomic E-state index is 0.674. The maximum Gasteiger partial charge on any atom is 0.121 e. The lowest BCUT2D eigenvalue weighted by atomic mass is 10.3. The molecule has 2 nitrogen and oxygen atoms in total. The van der Waals surface area contributed by atoms with E-state index >= 15 is 0 Å². The van der Waals surface area contributed by atoms with Gasteiger partial charge in [0.05, 0.1) is 22.8 Å². The SMILES string of the molecule is COc1ccc(Cl)c(NCc2cc(Cl)cs2)c1. The number of ether oxygens (including phenoxy) is 1. The second kappa shape index (κ2) is 5.63. The van der Waals surface area contributed by atoms with Crippen molar-refractivity contribution < 1.29 is 4.74 Å². The van der Waals surface area contributed by atoms with Crippen molar-refractivity contribution in [1.82, 2.24) is 0 Å². The molecule has 0 bridgehead atoms. The van der Waals surface area contributed by atoms with Crippen molar-refractivity contribution in [3.8, 4) is 5.75 Å². The van der Waals surface area contributed by atoms with E-state index < -0.39 is 0 Å². The van der Waals surface area contributed by atoms with Crippen molar-refractivity contribution in [2.45, 2.75) is 6.54 Å². The molecule has 90 valence electrons. The molecule has 0 radical (unpaired) electrons. The first-order valence-corrected chi connectivity index (χ1v) is 6.63. The van der Waals surface area contributed by atoms with E-state index in [9.17, 15) is 0 Å². The topological polar surface area (TPSA) is 21.3 Å². The molecule has 0 aliphatic rings. The normalized spacial score (nSPS) is 10.3. The summed E-state index contributed by atoms with van der Waals surface area (Å²) in [7, 11) is 1.63. The van der Waals surface area contributed by atoms with Gasteiger partial charge in [0.2, 0.25) is 0 Å². The van der Waals surface area contributed by atoms with Gasteiger partial charge >= 0.3 is 0 Å². The Bertz CT molecular complexity index is 513. The molecule has 1 heterocycles. The lowest BCUT2D eigenvalue weighted by Gasteiger charge is -2.09. The van der Waals surface area contributed by atoms with Gasteiger partial charge in [0.1, 0.15) is 5.75 Å². The van der Waals surface area contributed by atoms with Crippen LogP contribution in [0.25, 0.3) is 0 Å². The number of rotatable bonds is 4. The average Bonchev–Trinajstić information content (AvgIpc) is 2.74. The Morgan fingerprint density at radius 2 is 2.12 bits per heavy atom. The molecule has 2 rings (SSSR count). The highest BCUT2D eigenvalue weighted by Gasteiger charge is 2.03. The van der Waals surface area contributed by atoms with Crippen LogP contribution in [0.4, 0.5) is 5.69 Å². The van der Waals surface area contributed by atoms with Gasteiger partial charge in [0.15, 0.2) is 0 Å². The molecule has 5 heteroatoms. The summed E-state index contributed by atoms with van der Waals surface area (Å²) in [5.74, 6) is 0.779. The van der Waals surface area contributed by atoms with Crippen LogP contribution in [0.1, 0.15) is 4.88 Å². The third kappa shape index (κ3) is 3.28. The van der Waals surface area contributed by atoms with E-state index in [1.165, 1.54) is 0 Å². The highest BCUT2D eigenvalue weighted by Crippen LogP contribution is 2.28. The molecule has 0 fully saturated rings. The number of benzene rings is 1. The summed E-state index contributed by atoms with van der Waals surface area (Å²) in [5, 5.41) is 6.61. The van der Waals surface area contributed by atoms with Crippen molar-refractivity contribution in [1.29, 1.82) is 0 Å². The smallest absolute Gasteiger partial charge is 0.121 e. The molecule has 0 unspecified atom stereocenters. The van der Waals surface area contributed by atoms with Gasteiger partial charge in [-0.1, -0.05) is 23.2 Å². The fraction of sp³-hybridized carbons (Fsp3) is 0.167. The van der Waals surface area contributed by atoms with Gasteiger partial charge in [-0.05, 0) is 18.2 Å². The summed E-state index contributed by atoms with van der Waals surface area (Å²) in [4.78, 5) is 1.16. The molecule has 0 amide bonds. The van der Waals surface area contributed by atoms with E-state index in [-0.39, 0.29) is 0 Å². The summed E-state index contributed by atoms with van der Waals surface area (Å²) in [6.45, 7) is 0.699. The predicted octanol–water partition coefficient (Wildman–Crippen LogP) is 4.68. The van der Waals surface area contributed by atoms with E-state index in [1.54, 1.807) is 18.4 Å². The minimum atomic E-state index is 0.674. The van der Waals surface area contributed by atoms with Crippen molar-refractivity contribution in [3.05, 3.63) is 44.6 Å². The predicted molar refractivity (Wildman–Crippen MR) is 74.7 cm³/mol. The molecule has 1 aromatic carbocycles. The standard InChI is InChI=1S/C12H11Cl2NOS/c1-16-9-2-3-11(14)12(5-9)15-6-10-4-8(13)7-17-10/h2-5,7,15H,6H2,1H3. The van der Waals surface area contributed by atoms with Crippen molar-refractivity contribution >= 4 is 40.2 Å². The molecule has 1 N–H and O–H groups in total. The van der Waals surface area contributed by atoms with Crippen LogP contribution >= 0.6 is 34.5 Å². The number of nitrogens with one attached hydrogen (secondary N) is 1. The van der Waals surface area contributed by atoms with Gasteiger partial charge in [-0.15, -0.1) is 11.3 Å². The third-order valence-corrected chi connectivity index (χ3v) is 3.86. The summed E-state index contributed by atoms with van der Waals surface area (Å²) < 4.78 is 5.15. The Kier molecular flexibility index (Phi) is 4.15. The monoisotopic (exact) mass is 287 g/mol. The molecule has 0 atom stereocenters. The number of anilines is 1. The summed E-state index contributed by atoms with van der Waals surface area (Å²) in [5.41, 5.74) is 0.857. The highest BCUT2D eigenvalue weighted by atomic mass is 35.5. The summed E-state index contributed by atoms with van der Waals surface area (Å²) in [6.07, 6.45) is 0. The minimum Gasteiger partial charge on any atom is -0.497 e. The zero-order valence-corrected chi connectivity index (χ0v) is 11.5. The molecule has 0 aliphatic heterocycles. The van der Waals surface area contributed by atoms with Crippen LogP contribution in [0.5, 0.6) is 5.75 Å². The Morgan fingerprint density at radius 1 is 1.29 bits per heavy atom. The number of methoxy groups -OCH3 is 1. The van der Waals surface area contributed by atoms with Gasteiger partial charge in [0, 0.05) is 22.9 Å². The number of halogens is 2. The molecule has 0 spiro atoms. The van der Waals surface area contributed by atoms with Crippen molar-refractivity contribution in [3.63, 3.8) is 0 Å². The van der Waals surface area contributed by atoms with Gasteiger partial charge < -0.3 is 10.1 Å².